The second kappa shape index (κ2) is 17.9. The Morgan fingerprint density at radius 2 is 1.48 bits per heavy atom. The Morgan fingerprint density at radius 1 is 1.00 bits per heavy atom. The van der Waals surface area contributed by atoms with Gasteiger partial charge in [0.25, 0.3) is 0 Å². The number of unbranched alkanes of at least 4 members (excludes halogenated alkanes) is 2. The molecule has 0 aliphatic rings. The van der Waals surface area contributed by atoms with Crippen molar-refractivity contribution in [2.45, 2.75) is 47.0 Å². The van der Waals surface area contributed by atoms with Crippen LogP contribution in [-0.4, -0.2) is 46.4 Å². The van der Waals surface area contributed by atoms with Crippen molar-refractivity contribution in [3.63, 3.8) is 0 Å². The third-order valence-corrected chi connectivity index (χ3v) is 2.38. The fourth-order valence-electron chi connectivity index (χ4n) is 0.872. The Balaban J connectivity index is -0.000000300. The summed E-state index contributed by atoms with van der Waals surface area (Å²) in [5.41, 5.74) is 0.979. The van der Waals surface area contributed by atoms with Crippen LogP contribution in [0.1, 0.15) is 47.0 Å². The number of carbonyl (C=O) groups excluding carboxylic acids is 1. The number of carbonyl (C=O) groups is 3. The Morgan fingerprint density at radius 3 is 1.76 bits per heavy atom. The SMILES string of the molecule is C=C(C)C(=O)O.C=C(C)C(=O)OCCO.CCCCC=C(C)C(=O)O. The van der Waals surface area contributed by atoms with E-state index < -0.39 is 17.9 Å². The molecule has 144 valence electrons. The molecule has 0 aromatic heterocycles. The zero-order chi connectivity index (χ0) is 20.4. The van der Waals surface area contributed by atoms with Crippen LogP contribution in [0.15, 0.2) is 36.0 Å². The quantitative estimate of drug-likeness (QED) is 0.346. The average molecular weight is 358 g/mol. The smallest absolute Gasteiger partial charge is 0.333 e. The molecule has 0 saturated carbocycles. The minimum atomic E-state index is -0.935. The first kappa shape index (κ1) is 27.4. The third kappa shape index (κ3) is 24.0. The lowest BCUT2D eigenvalue weighted by molar-refractivity contribution is -0.140. The van der Waals surface area contributed by atoms with Crippen molar-refractivity contribution in [3.05, 3.63) is 36.0 Å². The summed E-state index contributed by atoms with van der Waals surface area (Å²) in [5.74, 6) is -2.20. The number of allylic oxidation sites excluding steroid dienone is 1. The molecule has 0 saturated heterocycles. The predicted octanol–water partition coefficient (Wildman–Crippen LogP) is 2.95. The van der Waals surface area contributed by atoms with E-state index in [0.717, 1.165) is 19.3 Å². The highest BCUT2D eigenvalue weighted by Crippen LogP contribution is 2.00. The van der Waals surface area contributed by atoms with Gasteiger partial charge in [0.05, 0.1) is 6.61 Å². The molecule has 0 aliphatic carbocycles. The highest BCUT2D eigenvalue weighted by molar-refractivity contribution is 5.87. The standard InChI is InChI=1S/C8H14O2.C6H10O3.C4H6O2/c1-3-4-5-6-7(2)8(9)10;1-5(2)6(8)9-4-3-7;1-3(2)4(5)6/h6H,3-5H2,1-2H3,(H,9,10);7H,1,3-4H2,2H3;1H2,2H3,(H,5,6). The first-order valence-corrected chi connectivity index (χ1v) is 7.73. The van der Waals surface area contributed by atoms with Crippen LogP contribution in [0.2, 0.25) is 0 Å². The highest BCUT2D eigenvalue weighted by Gasteiger charge is 2.00. The zero-order valence-electron chi connectivity index (χ0n) is 15.5. The molecule has 0 bridgehead atoms. The molecule has 0 unspecified atom stereocenters. The van der Waals surface area contributed by atoms with Gasteiger partial charge in [-0.1, -0.05) is 39.0 Å². The number of carboxylic acids is 2. The van der Waals surface area contributed by atoms with Gasteiger partial charge in [-0.25, -0.2) is 14.4 Å². The number of hydrogen-bond donors (Lipinski definition) is 3. The first-order valence-electron chi connectivity index (χ1n) is 7.73. The van der Waals surface area contributed by atoms with Crippen LogP contribution in [0, 0.1) is 0 Å². The van der Waals surface area contributed by atoms with Gasteiger partial charge >= 0.3 is 17.9 Å². The summed E-state index contributed by atoms with van der Waals surface area (Å²) in [6, 6.07) is 0. The van der Waals surface area contributed by atoms with E-state index in [-0.39, 0.29) is 18.8 Å². The highest BCUT2D eigenvalue weighted by atomic mass is 16.5. The van der Waals surface area contributed by atoms with Crippen molar-refractivity contribution in [3.8, 4) is 0 Å². The number of aliphatic carboxylic acids is 2. The Labute approximate surface area is 149 Å². The number of carboxylic acid groups (broad SMARTS) is 2. The number of ether oxygens (including phenoxy) is 1. The molecule has 0 aliphatic heterocycles. The minimum Gasteiger partial charge on any atom is -0.478 e. The number of hydrogen-bond acceptors (Lipinski definition) is 5. The van der Waals surface area contributed by atoms with Gasteiger partial charge < -0.3 is 20.1 Å². The maximum Gasteiger partial charge on any atom is 0.333 e. The van der Waals surface area contributed by atoms with Crippen LogP contribution < -0.4 is 0 Å². The summed E-state index contributed by atoms with van der Waals surface area (Å²) in [6.45, 7) is 13.1. The summed E-state index contributed by atoms with van der Waals surface area (Å²) in [6.07, 6.45) is 4.84. The minimum absolute atomic E-state index is 0.0473. The van der Waals surface area contributed by atoms with E-state index in [2.05, 4.69) is 24.8 Å². The molecule has 0 spiro atoms. The molecule has 0 rings (SSSR count). The van der Waals surface area contributed by atoms with Crippen LogP contribution in [0.25, 0.3) is 0 Å². The van der Waals surface area contributed by atoms with Crippen LogP contribution in [0.5, 0.6) is 0 Å². The molecule has 0 fully saturated rings. The molecular formula is C18H30O7. The second-order valence-corrected chi connectivity index (χ2v) is 5.06. The monoisotopic (exact) mass is 358 g/mol. The van der Waals surface area contributed by atoms with Crippen molar-refractivity contribution >= 4 is 17.9 Å². The summed E-state index contributed by atoms with van der Waals surface area (Å²) < 4.78 is 4.46. The first-order chi connectivity index (χ1) is 11.5. The van der Waals surface area contributed by atoms with Crippen molar-refractivity contribution < 1.29 is 34.4 Å². The molecule has 3 N–H and O–H groups in total. The molecule has 0 heterocycles. The fraction of sp³-hybridized carbons (Fsp3) is 0.500. The van der Waals surface area contributed by atoms with E-state index in [1.54, 1.807) is 19.9 Å². The van der Waals surface area contributed by atoms with E-state index in [0.29, 0.717) is 11.1 Å². The van der Waals surface area contributed by atoms with Gasteiger partial charge in [-0.2, -0.15) is 0 Å². The number of esters is 1. The Kier molecular flexibility index (Phi) is 19.7. The largest absolute Gasteiger partial charge is 0.478 e. The lowest BCUT2D eigenvalue weighted by atomic mass is 10.2. The molecule has 7 heteroatoms. The van der Waals surface area contributed by atoms with Crippen LogP contribution >= 0.6 is 0 Å². The van der Waals surface area contributed by atoms with Crippen molar-refractivity contribution in [1.29, 1.82) is 0 Å². The number of rotatable bonds is 8. The molecule has 0 radical (unpaired) electrons. The van der Waals surface area contributed by atoms with E-state index in [1.165, 1.54) is 6.92 Å². The van der Waals surface area contributed by atoms with Gasteiger partial charge in [-0.3, -0.25) is 0 Å². The van der Waals surface area contributed by atoms with Crippen molar-refractivity contribution in [2.75, 3.05) is 13.2 Å². The van der Waals surface area contributed by atoms with Crippen LogP contribution in [-0.2, 0) is 19.1 Å². The number of aliphatic hydroxyl groups excluding tert-OH is 1. The molecule has 0 amide bonds. The van der Waals surface area contributed by atoms with E-state index >= 15 is 0 Å². The van der Waals surface area contributed by atoms with Gasteiger partial charge in [0.15, 0.2) is 0 Å². The fourth-order valence-corrected chi connectivity index (χ4v) is 0.872. The summed E-state index contributed by atoms with van der Waals surface area (Å²) in [4.78, 5) is 30.3. The maximum atomic E-state index is 10.5. The molecule has 7 nitrogen and oxygen atoms in total. The predicted molar refractivity (Wildman–Crippen MR) is 96.2 cm³/mol. The summed E-state index contributed by atoms with van der Waals surface area (Å²) >= 11 is 0. The zero-order valence-corrected chi connectivity index (χ0v) is 15.5. The molecular weight excluding hydrogens is 328 g/mol. The second-order valence-electron chi connectivity index (χ2n) is 5.06. The summed E-state index contributed by atoms with van der Waals surface area (Å²) in [5, 5.41) is 24.5. The van der Waals surface area contributed by atoms with Gasteiger partial charge in [-0.05, 0) is 27.2 Å². The van der Waals surface area contributed by atoms with Crippen molar-refractivity contribution in [1.82, 2.24) is 0 Å². The number of aliphatic hydroxyl groups is 1. The van der Waals surface area contributed by atoms with Gasteiger partial charge in [0, 0.05) is 16.7 Å². The Hall–Kier alpha value is -2.41. The Bertz CT molecular complexity index is 464. The van der Waals surface area contributed by atoms with Crippen molar-refractivity contribution in [2.24, 2.45) is 0 Å². The van der Waals surface area contributed by atoms with E-state index in [1.807, 2.05) is 0 Å². The van der Waals surface area contributed by atoms with E-state index in [4.69, 9.17) is 15.3 Å². The van der Waals surface area contributed by atoms with Crippen LogP contribution in [0.3, 0.4) is 0 Å². The molecule has 0 aromatic carbocycles. The normalized spacial score (nSPS) is 9.56. The molecule has 25 heavy (non-hydrogen) atoms. The molecule has 0 atom stereocenters. The lowest BCUT2D eigenvalue weighted by Gasteiger charge is -1.99. The average Bonchev–Trinajstić information content (AvgIpc) is 2.53. The summed E-state index contributed by atoms with van der Waals surface area (Å²) in [7, 11) is 0. The van der Waals surface area contributed by atoms with Gasteiger partial charge in [-0.15, -0.1) is 0 Å². The molecule has 0 aromatic rings. The van der Waals surface area contributed by atoms with Gasteiger partial charge in [0.1, 0.15) is 6.61 Å². The lowest BCUT2D eigenvalue weighted by Crippen LogP contribution is -2.08. The van der Waals surface area contributed by atoms with Gasteiger partial charge in [0.2, 0.25) is 0 Å². The topological polar surface area (TPSA) is 121 Å². The van der Waals surface area contributed by atoms with E-state index in [9.17, 15) is 14.4 Å². The maximum absolute atomic E-state index is 10.5. The third-order valence-electron chi connectivity index (χ3n) is 2.38. The van der Waals surface area contributed by atoms with Crippen LogP contribution in [0.4, 0.5) is 0 Å².